The summed E-state index contributed by atoms with van der Waals surface area (Å²) in [5.41, 5.74) is 9.62. The summed E-state index contributed by atoms with van der Waals surface area (Å²) in [6, 6.07) is 8.24. The number of anilines is 1. The van der Waals surface area contributed by atoms with Crippen molar-refractivity contribution in [1.82, 2.24) is 4.98 Å². The molecule has 2 N–H and O–H groups in total. The molecule has 102 valence electrons. The van der Waals surface area contributed by atoms with E-state index in [-0.39, 0.29) is 11.6 Å². The smallest absolute Gasteiger partial charge is 0.142 e. The van der Waals surface area contributed by atoms with Gasteiger partial charge in [0.15, 0.2) is 0 Å². The molecule has 20 heavy (non-hydrogen) atoms. The van der Waals surface area contributed by atoms with Crippen LogP contribution in [0.2, 0.25) is 0 Å². The van der Waals surface area contributed by atoms with Gasteiger partial charge in [0.05, 0.1) is 0 Å². The van der Waals surface area contributed by atoms with E-state index in [2.05, 4.69) is 18.0 Å². The number of nitrogen functional groups attached to an aromatic ring is 1. The second-order valence-electron chi connectivity index (χ2n) is 4.68. The van der Waals surface area contributed by atoms with Crippen LogP contribution in [0, 0.1) is 24.1 Å². The number of hydrogen-bond acceptors (Lipinski definition) is 3. The van der Waals surface area contributed by atoms with Crippen molar-refractivity contribution in [3.05, 3.63) is 46.9 Å². The Morgan fingerprint density at radius 3 is 2.50 bits per heavy atom. The zero-order chi connectivity index (χ0) is 14.7. The van der Waals surface area contributed by atoms with Gasteiger partial charge in [-0.15, -0.1) is 0 Å². The minimum absolute atomic E-state index is 0.226. The van der Waals surface area contributed by atoms with E-state index in [4.69, 9.17) is 5.73 Å². The predicted octanol–water partition coefficient (Wildman–Crippen LogP) is 3.60. The number of nitrogens with zero attached hydrogens (tertiary/aromatic N) is 2. The average molecular weight is 269 g/mol. The summed E-state index contributed by atoms with van der Waals surface area (Å²) in [6.45, 7) is 3.95. The van der Waals surface area contributed by atoms with Crippen LogP contribution in [0.3, 0.4) is 0 Å². The molecular formula is C16H16FN3. The first kappa shape index (κ1) is 14.0. The van der Waals surface area contributed by atoms with Crippen molar-refractivity contribution >= 4 is 5.82 Å². The van der Waals surface area contributed by atoms with Crippen LogP contribution >= 0.6 is 0 Å². The third-order valence-electron chi connectivity index (χ3n) is 3.28. The Balaban J connectivity index is 2.77. The maximum atomic E-state index is 13.1. The molecule has 1 heterocycles. The van der Waals surface area contributed by atoms with Crippen LogP contribution in [0.1, 0.15) is 30.2 Å². The highest BCUT2D eigenvalue weighted by atomic mass is 19.1. The van der Waals surface area contributed by atoms with Gasteiger partial charge in [-0.05, 0) is 36.6 Å². The highest BCUT2D eigenvalue weighted by molar-refractivity contribution is 5.79. The lowest BCUT2D eigenvalue weighted by Crippen LogP contribution is -2.05. The molecular weight excluding hydrogens is 253 g/mol. The minimum atomic E-state index is -0.303. The third-order valence-corrected chi connectivity index (χ3v) is 3.28. The molecule has 0 atom stereocenters. The zero-order valence-corrected chi connectivity index (χ0v) is 11.6. The Bertz CT molecular complexity index is 670. The quantitative estimate of drug-likeness (QED) is 0.925. The number of nitriles is 1. The number of benzene rings is 1. The van der Waals surface area contributed by atoms with Crippen molar-refractivity contribution in [3.8, 4) is 17.2 Å². The lowest BCUT2D eigenvalue weighted by Gasteiger charge is -2.15. The fourth-order valence-electron chi connectivity index (χ4n) is 2.37. The molecule has 0 aliphatic rings. The maximum Gasteiger partial charge on any atom is 0.142 e. The van der Waals surface area contributed by atoms with Gasteiger partial charge in [0, 0.05) is 11.3 Å². The molecule has 2 rings (SSSR count). The SMILES string of the molecule is CCCc1c(C)nc(N)c(C#N)c1-c1ccc(F)cc1. The molecule has 0 spiro atoms. The molecule has 1 aromatic heterocycles. The molecule has 0 saturated heterocycles. The standard InChI is InChI=1S/C16H16FN3/c1-3-4-13-10(2)20-16(19)14(9-18)15(13)11-5-7-12(17)8-6-11/h5-8H,3-4H2,1-2H3,(H2,19,20). The van der Waals surface area contributed by atoms with Gasteiger partial charge in [-0.2, -0.15) is 5.26 Å². The van der Waals surface area contributed by atoms with Crippen LogP contribution in [0.15, 0.2) is 24.3 Å². The predicted molar refractivity (Wildman–Crippen MR) is 77.5 cm³/mol. The number of rotatable bonds is 3. The molecule has 0 bridgehead atoms. The second-order valence-corrected chi connectivity index (χ2v) is 4.68. The number of halogens is 1. The highest BCUT2D eigenvalue weighted by Gasteiger charge is 2.17. The van der Waals surface area contributed by atoms with Gasteiger partial charge in [0.1, 0.15) is 23.3 Å². The zero-order valence-electron chi connectivity index (χ0n) is 11.6. The van der Waals surface area contributed by atoms with Crippen LogP contribution in [0.4, 0.5) is 10.2 Å². The van der Waals surface area contributed by atoms with Crippen molar-refractivity contribution in [1.29, 1.82) is 5.26 Å². The molecule has 2 aromatic rings. The molecule has 0 amide bonds. The van der Waals surface area contributed by atoms with Gasteiger partial charge < -0.3 is 5.73 Å². The third kappa shape index (κ3) is 2.48. The fourth-order valence-corrected chi connectivity index (χ4v) is 2.37. The van der Waals surface area contributed by atoms with Gasteiger partial charge in [-0.3, -0.25) is 0 Å². The van der Waals surface area contributed by atoms with Gasteiger partial charge in [-0.25, -0.2) is 9.37 Å². The molecule has 0 aliphatic heterocycles. The molecule has 0 saturated carbocycles. The summed E-state index contributed by atoms with van der Waals surface area (Å²) in [5.74, 6) is -0.0766. The van der Waals surface area contributed by atoms with Crippen molar-refractivity contribution < 1.29 is 4.39 Å². The van der Waals surface area contributed by atoms with Crippen molar-refractivity contribution in [2.75, 3.05) is 5.73 Å². The molecule has 0 aliphatic carbocycles. The molecule has 4 heteroatoms. The van der Waals surface area contributed by atoms with Gasteiger partial charge in [0.25, 0.3) is 0 Å². The van der Waals surface area contributed by atoms with E-state index in [1.54, 1.807) is 12.1 Å². The van der Waals surface area contributed by atoms with Gasteiger partial charge in [-0.1, -0.05) is 25.5 Å². The largest absolute Gasteiger partial charge is 0.383 e. The molecule has 3 nitrogen and oxygen atoms in total. The first-order chi connectivity index (χ1) is 9.58. The summed E-state index contributed by atoms with van der Waals surface area (Å²) in [6.07, 6.45) is 1.74. The topological polar surface area (TPSA) is 62.7 Å². The normalized spacial score (nSPS) is 10.3. The maximum absolute atomic E-state index is 13.1. The average Bonchev–Trinajstić information content (AvgIpc) is 2.42. The lowest BCUT2D eigenvalue weighted by molar-refractivity contribution is 0.628. The van der Waals surface area contributed by atoms with Gasteiger partial charge >= 0.3 is 0 Å². The Morgan fingerprint density at radius 1 is 1.30 bits per heavy atom. The first-order valence-corrected chi connectivity index (χ1v) is 6.53. The fraction of sp³-hybridized carbons (Fsp3) is 0.250. The summed E-state index contributed by atoms with van der Waals surface area (Å²) >= 11 is 0. The molecule has 1 aromatic carbocycles. The Hall–Kier alpha value is -2.41. The Labute approximate surface area is 117 Å². The van der Waals surface area contributed by atoms with E-state index in [0.29, 0.717) is 5.56 Å². The van der Waals surface area contributed by atoms with Crippen LogP contribution < -0.4 is 5.73 Å². The summed E-state index contributed by atoms with van der Waals surface area (Å²) in [7, 11) is 0. The Kier molecular flexibility index (Phi) is 3.99. The van der Waals surface area contributed by atoms with Crippen LogP contribution in [0.5, 0.6) is 0 Å². The first-order valence-electron chi connectivity index (χ1n) is 6.53. The number of aryl methyl sites for hydroxylation is 1. The highest BCUT2D eigenvalue weighted by Crippen LogP contribution is 2.32. The number of hydrogen-bond donors (Lipinski definition) is 1. The number of pyridine rings is 1. The van der Waals surface area contributed by atoms with E-state index in [1.165, 1.54) is 12.1 Å². The molecule has 0 fully saturated rings. The lowest BCUT2D eigenvalue weighted by atomic mass is 9.92. The molecule has 0 radical (unpaired) electrons. The van der Waals surface area contributed by atoms with E-state index >= 15 is 0 Å². The minimum Gasteiger partial charge on any atom is -0.383 e. The van der Waals surface area contributed by atoms with Crippen LogP contribution in [0.25, 0.3) is 11.1 Å². The summed E-state index contributed by atoms with van der Waals surface area (Å²) < 4.78 is 13.1. The summed E-state index contributed by atoms with van der Waals surface area (Å²) in [5, 5.41) is 9.35. The number of nitrogens with two attached hydrogens (primary N) is 1. The summed E-state index contributed by atoms with van der Waals surface area (Å²) in [4.78, 5) is 4.25. The van der Waals surface area contributed by atoms with Gasteiger partial charge in [0.2, 0.25) is 0 Å². The van der Waals surface area contributed by atoms with Crippen molar-refractivity contribution in [2.24, 2.45) is 0 Å². The van der Waals surface area contributed by atoms with E-state index < -0.39 is 0 Å². The second kappa shape index (κ2) is 5.70. The monoisotopic (exact) mass is 269 g/mol. The van der Waals surface area contributed by atoms with Crippen molar-refractivity contribution in [2.45, 2.75) is 26.7 Å². The van der Waals surface area contributed by atoms with Crippen LogP contribution in [-0.2, 0) is 6.42 Å². The van der Waals surface area contributed by atoms with E-state index in [0.717, 1.165) is 35.2 Å². The van der Waals surface area contributed by atoms with E-state index in [9.17, 15) is 9.65 Å². The van der Waals surface area contributed by atoms with Crippen molar-refractivity contribution in [3.63, 3.8) is 0 Å². The van der Waals surface area contributed by atoms with E-state index in [1.807, 2.05) is 6.92 Å². The molecule has 0 unspecified atom stereocenters. The number of aromatic nitrogens is 1. The van der Waals surface area contributed by atoms with Crippen LogP contribution in [-0.4, -0.2) is 4.98 Å². The Morgan fingerprint density at radius 2 is 1.95 bits per heavy atom.